The summed E-state index contributed by atoms with van der Waals surface area (Å²) >= 11 is 0. The van der Waals surface area contributed by atoms with Crippen molar-refractivity contribution in [3.63, 3.8) is 0 Å². The second-order valence-corrected chi connectivity index (χ2v) is 4.84. The Morgan fingerprint density at radius 2 is 2.44 bits per heavy atom. The third-order valence-electron chi connectivity index (χ3n) is 3.85. The highest BCUT2D eigenvalue weighted by Crippen LogP contribution is 2.31. The SMILES string of the molecule is C=CCNC(=O)CN1CC2CNCC2C1C. The minimum absolute atomic E-state index is 0.111. The van der Waals surface area contributed by atoms with Gasteiger partial charge in [0.15, 0.2) is 0 Å². The molecule has 0 radical (unpaired) electrons. The van der Waals surface area contributed by atoms with Crippen molar-refractivity contribution in [2.75, 3.05) is 32.7 Å². The predicted molar refractivity (Wildman–Crippen MR) is 64.1 cm³/mol. The van der Waals surface area contributed by atoms with E-state index >= 15 is 0 Å². The van der Waals surface area contributed by atoms with Crippen molar-refractivity contribution >= 4 is 5.91 Å². The Morgan fingerprint density at radius 1 is 1.62 bits per heavy atom. The molecule has 0 aromatic rings. The van der Waals surface area contributed by atoms with Crippen molar-refractivity contribution in [3.8, 4) is 0 Å². The highest BCUT2D eigenvalue weighted by atomic mass is 16.2. The van der Waals surface area contributed by atoms with Gasteiger partial charge in [-0.3, -0.25) is 9.69 Å². The summed E-state index contributed by atoms with van der Waals surface area (Å²) in [5.74, 6) is 1.58. The zero-order valence-electron chi connectivity index (χ0n) is 9.91. The molecule has 4 heteroatoms. The van der Waals surface area contributed by atoms with E-state index in [0.717, 1.165) is 31.5 Å². The number of fused-ring (bicyclic) bond motifs is 1. The highest BCUT2D eigenvalue weighted by Gasteiger charge is 2.41. The lowest BCUT2D eigenvalue weighted by molar-refractivity contribution is -0.122. The topological polar surface area (TPSA) is 44.4 Å². The Hall–Kier alpha value is -0.870. The van der Waals surface area contributed by atoms with Crippen LogP contribution < -0.4 is 10.6 Å². The first-order valence-corrected chi connectivity index (χ1v) is 6.04. The smallest absolute Gasteiger partial charge is 0.234 e. The molecule has 90 valence electrons. The minimum Gasteiger partial charge on any atom is -0.352 e. The second kappa shape index (κ2) is 4.97. The molecular weight excluding hydrogens is 202 g/mol. The maximum atomic E-state index is 11.6. The summed E-state index contributed by atoms with van der Waals surface area (Å²) < 4.78 is 0. The van der Waals surface area contributed by atoms with Crippen molar-refractivity contribution in [1.82, 2.24) is 15.5 Å². The Bertz CT molecular complexity index is 279. The third-order valence-corrected chi connectivity index (χ3v) is 3.85. The van der Waals surface area contributed by atoms with Gasteiger partial charge in [0.05, 0.1) is 6.54 Å². The van der Waals surface area contributed by atoms with Crippen molar-refractivity contribution < 1.29 is 4.79 Å². The van der Waals surface area contributed by atoms with Gasteiger partial charge in [-0.2, -0.15) is 0 Å². The van der Waals surface area contributed by atoms with E-state index in [4.69, 9.17) is 0 Å². The van der Waals surface area contributed by atoms with E-state index in [2.05, 4.69) is 29.0 Å². The van der Waals surface area contributed by atoms with Crippen LogP contribution in [0.3, 0.4) is 0 Å². The molecule has 2 saturated heterocycles. The van der Waals surface area contributed by atoms with Crippen LogP contribution in [0.5, 0.6) is 0 Å². The molecule has 2 rings (SSSR count). The van der Waals surface area contributed by atoms with Crippen LogP contribution in [0.2, 0.25) is 0 Å². The molecule has 1 amide bonds. The van der Waals surface area contributed by atoms with E-state index in [1.54, 1.807) is 6.08 Å². The largest absolute Gasteiger partial charge is 0.352 e. The summed E-state index contributed by atoms with van der Waals surface area (Å²) in [5, 5.41) is 6.25. The maximum Gasteiger partial charge on any atom is 0.234 e. The fourth-order valence-electron chi connectivity index (χ4n) is 2.89. The lowest BCUT2D eigenvalue weighted by atomic mass is 9.95. The van der Waals surface area contributed by atoms with Crippen LogP contribution in [0, 0.1) is 11.8 Å². The summed E-state index contributed by atoms with van der Waals surface area (Å²) in [6.07, 6.45) is 1.71. The number of carbonyl (C=O) groups excluding carboxylic acids is 1. The molecule has 2 aliphatic heterocycles. The average Bonchev–Trinajstić information content (AvgIpc) is 2.81. The van der Waals surface area contributed by atoms with E-state index in [1.165, 1.54) is 0 Å². The molecule has 0 aromatic heterocycles. The van der Waals surface area contributed by atoms with Gasteiger partial charge in [0.1, 0.15) is 0 Å². The molecule has 2 heterocycles. The van der Waals surface area contributed by atoms with Gasteiger partial charge < -0.3 is 10.6 Å². The molecule has 2 aliphatic rings. The van der Waals surface area contributed by atoms with Crippen LogP contribution in [0.4, 0.5) is 0 Å². The molecule has 0 aromatic carbocycles. The van der Waals surface area contributed by atoms with Gasteiger partial charge in [-0.05, 0) is 31.8 Å². The van der Waals surface area contributed by atoms with Crippen LogP contribution in [0.25, 0.3) is 0 Å². The predicted octanol–water partition coefficient (Wildman–Crippen LogP) is -0.172. The first kappa shape index (κ1) is 11.6. The highest BCUT2D eigenvalue weighted by molar-refractivity contribution is 5.78. The number of amides is 1. The summed E-state index contributed by atoms with van der Waals surface area (Å²) in [6.45, 7) is 10.2. The van der Waals surface area contributed by atoms with Gasteiger partial charge in [-0.1, -0.05) is 6.08 Å². The van der Waals surface area contributed by atoms with Crippen LogP contribution >= 0.6 is 0 Å². The van der Waals surface area contributed by atoms with Crippen molar-refractivity contribution in [3.05, 3.63) is 12.7 Å². The molecule has 4 nitrogen and oxygen atoms in total. The summed E-state index contributed by atoms with van der Waals surface area (Å²) in [7, 11) is 0. The minimum atomic E-state index is 0.111. The number of carbonyl (C=O) groups is 1. The number of hydrogen-bond acceptors (Lipinski definition) is 3. The van der Waals surface area contributed by atoms with Crippen LogP contribution in [0.1, 0.15) is 6.92 Å². The van der Waals surface area contributed by atoms with Crippen LogP contribution in [-0.4, -0.2) is 49.6 Å². The molecule has 0 saturated carbocycles. The van der Waals surface area contributed by atoms with E-state index in [0.29, 0.717) is 19.1 Å². The van der Waals surface area contributed by atoms with Gasteiger partial charge in [0.2, 0.25) is 5.91 Å². The number of likely N-dealkylation sites (tertiary alicyclic amines) is 1. The Labute approximate surface area is 97.1 Å². The lowest BCUT2D eigenvalue weighted by Gasteiger charge is -2.23. The number of hydrogen-bond donors (Lipinski definition) is 2. The third kappa shape index (κ3) is 2.28. The first-order valence-electron chi connectivity index (χ1n) is 6.04. The number of nitrogens with one attached hydrogen (secondary N) is 2. The van der Waals surface area contributed by atoms with Gasteiger partial charge in [0, 0.05) is 19.1 Å². The molecule has 3 atom stereocenters. The monoisotopic (exact) mass is 223 g/mol. The molecule has 16 heavy (non-hydrogen) atoms. The standard InChI is InChI=1S/C12H21N3O/c1-3-4-14-12(16)8-15-7-10-5-13-6-11(10)9(15)2/h3,9-11,13H,1,4-8H2,2H3,(H,14,16). The Morgan fingerprint density at radius 3 is 3.12 bits per heavy atom. The normalized spacial score (nSPS) is 33.7. The van der Waals surface area contributed by atoms with E-state index in [-0.39, 0.29) is 5.91 Å². The molecular formula is C12H21N3O. The number of rotatable bonds is 4. The lowest BCUT2D eigenvalue weighted by Crippen LogP contribution is -2.41. The molecule has 3 unspecified atom stereocenters. The average molecular weight is 223 g/mol. The summed E-state index contributed by atoms with van der Waals surface area (Å²) in [5.41, 5.74) is 0. The quantitative estimate of drug-likeness (QED) is 0.650. The fraction of sp³-hybridized carbons (Fsp3) is 0.750. The van der Waals surface area contributed by atoms with Gasteiger partial charge in [0.25, 0.3) is 0 Å². The van der Waals surface area contributed by atoms with E-state index in [1.807, 2.05) is 0 Å². The zero-order valence-corrected chi connectivity index (χ0v) is 9.91. The fourth-order valence-corrected chi connectivity index (χ4v) is 2.89. The van der Waals surface area contributed by atoms with Crippen LogP contribution in [0.15, 0.2) is 12.7 Å². The van der Waals surface area contributed by atoms with E-state index < -0.39 is 0 Å². The Balaban J connectivity index is 1.82. The molecule has 0 aliphatic carbocycles. The summed E-state index contributed by atoms with van der Waals surface area (Å²) in [4.78, 5) is 13.9. The molecule has 0 spiro atoms. The van der Waals surface area contributed by atoms with Gasteiger partial charge in [-0.15, -0.1) is 6.58 Å². The van der Waals surface area contributed by atoms with Crippen molar-refractivity contribution in [1.29, 1.82) is 0 Å². The first-order chi connectivity index (χ1) is 7.72. The van der Waals surface area contributed by atoms with Crippen LogP contribution in [-0.2, 0) is 4.79 Å². The van der Waals surface area contributed by atoms with Crippen molar-refractivity contribution in [2.24, 2.45) is 11.8 Å². The van der Waals surface area contributed by atoms with E-state index in [9.17, 15) is 4.79 Å². The maximum absolute atomic E-state index is 11.6. The number of nitrogens with zero attached hydrogens (tertiary/aromatic N) is 1. The molecule has 2 fully saturated rings. The molecule has 0 bridgehead atoms. The zero-order chi connectivity index (χ0) is 11.5. The Kier molecular flexibility index (Phi) is 3.61. The summed E-state index contributed by atoms with van der Waals surface area (Å²) in [6, 6.07) is 0.523. The molecule has 2 N–H and O–H groups in total. The van der Waals surface area contributed by atoms with Crippen molar-refractivity contribution in [2.45, 2.75) is 13.0 Å². The van der Waals surface area contributed by atoms with Gasteiger partial charge in [-0.25, -0.2) is 0 Å². The second-order valence-electron chi connectivity index (χ2n) is 4.84. The van der Waals surface area contributed by atoms with Gasteiger partial charge >= 0.3 is 0 Å².